The molecule has 0 aromatic rings. The van der Waals surface area contributed by atoms with Crippen LogP contribution in [0.3, 0.4) is 0 Å². The highest BCUT2D eigenvalue weighted by atomic mass is 31.2. The molecule has 0 aromatic carbocycles. The molecule has 0 fully saturated rings. The number of rotatable bonds is 4. The lowest BCUT2D eigenvalue weighted by Gasteiger charge is -2.25. The smallest absolute Gasteiger partial charge is 0.325 e. The van der Waals surface area contributed by atoms with Gasteiger partial charge in [0.05, 0.1) is 0 Å². The van der Waals surface area contributed by atoms with Gasteiger partial charge in [0.1, 0.15) is 0 Å². The van der Waals surface area contributed by atoms with Gasteiger partial charge in [-0.15, -0.1) is 0 Å². The summed E-state index contributed by atoms with van der Waals surface area (Å²) in [6.45, 7) is 1.40. The second kappa shape index (κ2) is 3.76. The Kier molecular flexibility index (Phi) is 3.84. The first-order valence-electron chi connectivity index (χ1n) is 3.24. The van der Waals surface area contributed by atoms with Crippen LogP contribution in [0.1, 0.15) is 13.3 Å². The topological polar surface area (TPSA) is 107 Å². The largest absolute Gasteiger partial charge is 0.357 e. The van der Waals surface area contributed by atoms with E-state index in [0.29, 0.717) is 0 Å². The molecule has 0 spiro atoms. The maximum atomic E-state index is 9.35. The maximum absolute atomic E-state index is 9.35. The van der Waals surface area contributed by atoms with Crippen molar-refractivity contribution >= 4 is 7.72 Å². The molecule has 68 valence electrons. The highest BCUT2D eigenvalue weighted by Crippen LogP contribution is 2.60. The predicted octanol–water partition coefficient (Wildman–Crippen LogP) is -1.17. The molecule has 0 aliphatic carbocycles. The van der Waals surface area contributed by atoms with E-state index in [9.17, 15) is 5.11 Å². The van der Waals surface area contributed by atoms with Crippen molar-refractivity contribution in [2.24, 2.45) is 5.73 Å². The number of aliphatic hydroxyl groups excluding tert-OH is 1. The Balaban J connectivity index is 4.26. The fourth-order valence-corrected chi connectivity index (χ4v) is 1.40. The molecule has 0 bridgehead atoms. The third-order valence-electron chi connectivity index (χ3n) is 1.59. The van der Waals surface area contributed by atoms with E-state index < -0.39 is 19.4 Å². The van der Waals surface area contributed by atoms with Gasteiger partial charge in [-0.1, -0.05) is 0 Å². The van der Waals surface area contributed by atoms with Crippen LogP contribution in [0.15, 0.2) is 0 Å². The van der Waals surface area contributed by atoms with Crippen LogP contribution < -0.4 is 5.73 Å². The second-order valence-electron chi connectivity index (χ2n) is 2.63. The number of aliphatic hydroxyl groups is 2. The van der Waals surface area contributed by atoms with Gasteiger partial charge >= 0.3 is 7.72 Å². The molecule has 11 heavy (non-hydrogen) atoms. The summed E-state index contributed by atoms with van der Waals surface area (Å²) >= 11 is 0. The minimum atomic E-state index is -3.61. The van der Waals surface area contributed by atoms with Gasteiger partial charge in [-0.05, 0) is 6.54 Å². The van der Waals surface area contributed by atoms with Crippen LogP contribution in [-0.2, 0) is 0 Å². The van der Waals surface area contributed by atoms with E-state index in [1.807, 2.05) is 0 Å². The van der Waals surface area contributed by atoms with Crippen molar-refractivity contribution in [3.63, 3.8) is 0 Å². The fraction of sp³-hybridized carbons (Fsp3) is 1.00. The van der Waals surface area contributed by atoms with Crippen LogP contribution >= 0.6 is 7.72 Å². The SMILES string of the molecule is CC(O)(CCN)[P+](O)(O)CO. The maximum Gasteiger partial charge on any atom is 0.325 e. The number of hydrogen-bond donors (Lipinski definition) is 5. The Morgan fingerprint density at radius 1 is 1.45 bits per heavy atom. The summed E-state index contributed by atoms with van der Waals surface area (Å²) in [6, 6.07) is 0. The second-order valence-corrected chi connectivity index (χ2v) is 5.33. The lowest BCUT2D eigenvalue weighted by molar-refractivity contribution is 0.104. The zero-order valence-electron chi connectivity index (χ0n) is 6.43. The van der Waals surface area contributed by atoms with E-state index in [-0.39, 0.29) is 13.0 Å². The van der Waals surface area contributed by atoms with E-state index >= 15 is 0 Å². The molecule has 5 nitrogen and oxygen atoms in total. The van der Waals surface area contributed by atoms with Gasteiger partial charge in [-0.25, -0.2) is 9.79 Å². The van der Waals surface area contributed by atoms with Gasteiger partial charge in [-0.2, -0.15) is 0 Å². The molecule has 0 aliphatic heterocycles. The van der Waals surface area contributed by atoms with Crippen molar-refractivity contribution in [1.29, 1.82) is 0 Å². The zero-order chi connectivity index (χ0) is 9.12. The van der Waals surface area contributed by atoms with Crippen molar-refractivity contribution in [3.8, 4) is 0 Å². The Bertz CT molecular complexity index is 128. The lowest BCUT2D eigenvalue weighted by Crippen LogP contribution is -2.32. The zero-order valence-corrected chi connectivity index (χ0v) is 7.33. The molecule has 6 N–H and O–H groups in total. The summed E-state index contributed by atoms with van der Waals surface area (Å²) in [6.07, 6.45) is -0.742. The average Bonchev–Trinajstić information content (AvgIpc) is 1.87. The summed E-state index contributed by atoms with van der Waals surface area (Å²) in [5.74, 6) is 0. The molecule has 6 heteroatoms. The Morgan fingerprint density at radius 2 is 1.91 bits per heavy atom. The summed E-state index contributed by atoms with van der Waals surface area (Å²) in [4.78, 5) is 18.2. The Morgan fingerprint density at radius 3 is 2.18 bits per heavy atom. The van der Waals surface area contributed by atoms with Crippen molar-refractivity contribution in [2.75, 3.05) is 12.9 Å². The van der Waals surface area contributed by atoms with Gasteiger partial charge in [0.15, 0.2) is 0 Å². The average molecular weight is 184 g/mol. The van der Waals surface area contributed by atoms with E-state index in [0.717, 1.165) is 0 Å². The standard InChI is InChI=1S/C5H15NO4P/c1-5(8,2-3-6)11(9,10)4-7/h7-10H,2-4,6H2,1H3/q+1. The van der Waals surface area contributed by atoms with E-state index in [2.05, 4.69) is 0 Å². The Labute approximate surface area is 66.0 Å². The molecule has 0 heterocycles. The van der Waals surface area contributed by atoms with Crippen LogP contribution in [0.25, 0.3) is 0 Å². The summed E-state index contributed by atoms with van der Waals surface area (Å²) in [5.41, 5.74) is 5.12. The summed E-state index contributed by atoms with van der Waals surface area (Å²) < 4.78 is 0. The van der Waals surface area contributed by atoms with E-state index in [1.165, 1.54) is 6.92 Å². The molecule has 0 aromatic heterocycles. The van der Waals surface area contributed by atoms with Crippen LogP contribution in [0, 0.1) is 0 Å². The highest BCUT2D eigenvalue weighted by molar-refractivity contribution is 7.65. The number of nitrogens with two attached hydrogens (primary N) is 1. The van der Waals surface area contributed by atoms with Gasteiger partial charge in [0.25, 0.3) is 0 Å². The highest BCUT2D eigenvalue weighted by Gasteiger charge is 2.52. The van der Waals surface area contributed by atoms with Crippen molar-refractivity contribution in [3.05, 3.63) is 0 Å². The third kappa shape index (κ3) is 2.63. The van der Waals surface area contributed by atoms with Crippen LogP contribution in [0.2, 0.25) is 0 Å². The van der Waals surface area contributed by atoms with Crippen molar-refractivity contribution in [1.82, 2.24) is 0 Å². The minimum absolute atomic E-state index is 0.0638. The van der Waals surface area contributed by atoms with Crippen molar-refractivity contribution < 1.29 is 20.0 Å². The summed E-state index contributed by atoms with van der Waals surface area (Å²) in [7, 11) is -3.61. The molecule has 0 radical (unpaired) electrons. The normalized spacial score (nSPS) is 18.0. The molecular weight excluding hydrogens is 169 g/mol. The van der Waals surface area contributed by atoms with Gasteiger partial charge in [0, 0.05) is 13.3 Å². The molecule has 1 atom stereocenters. The third-order valence-corrected chi connectivity index (χ3v) is 3.75. The van der Waals surface area contributed by atoms with Crippen LogP contribution in [0.4, 0.5) is 0 Å². The van der Waals surface area contributed by atoms with Gasteiger partial charge < -0.3 is 15.9 Å². The van der Waals surface area contributed by atoms with E-state index in [1.54, 1.807) is 0 Å². The van der Waals surface area contributed by atoms with Crippen LogP contribution in [0.5, 0.6) is 0 Å². The monoisotopic (exact) mass is 184 g/mol. The lowest BCUT2D eigenvalue weighted by atomic mass is 10.3. The molecule has 0 aliphatic rings. The molecule has 0 amide bonds. The van der Waals surface area contributed by atoms with Crippen LogP contribution in [-0.4, -0.2) is 38.2 Å². The van der Waals surface area contributed by atoms with Gasteiger partial charge in [0.2, 0.25) is 11.7 Å². The number of hydrogen-bond acceptors (Lipinski definition) is 5. The quantitative estimate of drug-likeness (QED) is 0.354. The van der Waals surface area contributed by atoms with E-state index in [4.69, 9.17) is 20.6 Å². The minimum Gasteiger partial charge on any atom is -0.357 e. The molecule has 0 saturated carbocycles. The first kappa shape index (κ1) is 11.2. The molecule has 1 unspecified atom stereocenters. The van der Waals surface area contributed by atoms with Crippen molar-refractivity contribution in [2.45, 2.75) is 18.7 Å². The summed E-state index contributed by atoms with van der Waals surface area (Å²) in [5, 5.41) is 16.2. The molecule has 0 rings (SSSR count). The molecular formula is C5H15NO4P+. The fourth-order valence-electron chi connectivity index (χ4n) is 0.605. The first-order valence-corrected chi connectivity index (χ1v) is 5.12. The molecule has 0 saturated heterocycles. The predicted molar refractivity (Wildman–Crippen MR) is 42.7 cm³/mol. The Hall–Kier alpha value is 0.230. The van der Waals surface area contributed by atoms with Gasteiger partial charge in [-0.3, -0.25) is 0 Å². The first-order chi connectivity index (χ1) is 4.87.